The molecule has 0 aliphatic carbocycles. The highest BCUT2D eigenvalue weighted by molar-refractivity contribution is 7.92. The van der Waals surface area contributed by atoms with Crippen LogP contribution in [-0.4, -0.2) is 37.0 Å². The van der Waals surface area contributed by atoms with Gasteiger partial charge in [-0.3, -0.25) is 24.4 Å². The van der Waals surface area contributed by atoms with E-state index >= 15 is 0 Å². The maximum atomic E-state index is 12.8. The van der Waals surface area contributed by atoms with Crippen LogP contribution in [0.5, 0.6) is 0 Å². The Morgan fingerprint density at radius 2 is 2.07 bits per heavy atom. The second-order valence-electron chi connectivity index (χ2n) is 6.51. The minimum Gasteiger partial charge on any atom is -0.298 e. The van der Waals surface area contributed by atoms with Gasteiger partial charge in [-0.15, -0.1) is 0 Å². The third kappa shape index (κ3) is 3.95. The summed E-state index contributed by atoms with van der Waals surface area (Å²) in [4.78, 5) is 17.9. The third-order valence-corrected chi connectivity index (χ3v) is 6.34. The van der Waals surface area contributed by atoms with E-state index in [2.05, 4.69) is 9.88 Å². The van der Waals surface area contributed by atoms with Crippen LogP contribution in [0.4, 0.5) is 5.69 Å². The number of fused-ring (bicyclic) bond motifs is 1. The molecule has 0 spiro atoms. The summed E-state index contributed by atoms with van der Waals surface area (Å²) < 4.78 is 27.0. The normalized spacial score (nSPS) is 14.0. The van der Waals surface area contributed by atoms with Crippen molar-refractivity contribution >= 4 is 21.6 Å². The average molecular weight is 389 g/mol. The van der Waals surface area contributed by atoms with E-state index in [-0.39, 0.29) is 12.3 Å². The molecule has 0 fully saturated rings. The number of nitrogens with zero attached hydrogens (tertiary/aromatic N) is 3. The minimum absolute atomic E-state index is 0.0137. The lowest BCUT2D eigenvalue weighted by atomic mass is 10.1. The Balaban J connectivity index is 1.97. The highest BCUT2D eigenvalue weighted by Gasteiger charge is 2.27. The zero-order valence-electron chi connectivity index (χ0n) is 15.3. The lowest BCUT2D eigenvalue weighted by Gasteiger charge is -2.26. The van der Waals surface area contributed by atoms with Gasteiger partial charge in [-0.05, 0) is 43.3 Å². The summed E-state index contributed by atoms with van der Waals surface area (Å²) in [5, 5.41) is 0. The van der Waals surface area contributed by atoms with Crippen LogP contribution >= 0.6 is 0 Å². The number of nitrogens with two attached hydrogens (primary N) is 1. The van der Waals surface area contributed by atoms with Crippen molar-refractivity contribution < 1.29 is 13.2 Å². The van der Waals surface area contributed by atoms with E-state index in [1.807, 2.05) is 30.7 Å². The number of hydrogen-bond donors (Lipinski definition) is 2. The van der Waals surface area contributed by atoms with Crippen molar-refractivity contribution in [3.63, 3.8) is 0 Å². The van der Waals surface area contributed by atoms with Gasteiger partial charge >= 0.3 is 0 Å². The molecule has 1 aromatic heterocycles. The Bertz CT molecular complexity index is 944. The van der Waals surface area contributed by atoms with E-state index in [0.717, 1.165) is 17.7 Å². The molecule has 1 aliphatic heterocycles. The van der Waals surface area contributed by atoms with Gasteiger partial charge < -0.3 is 0 Å². The fourth-order valence-electron chi connectivity index (χ4n) is 3.17. The van der Waals surface area contributed by atoms with Crippen LogP contribution < -0.4 is 15.6 Å². The monoisotopic (exact) mass is 389 g/mol. The van der Waals surface area contributed by atoms with Crippen LogP contribution in [0, 0.1) is 0 Å². The van der Waals surface area contributed by atoms with Gasteiger partial charge in [-0.1, -0.05) is 12.1 Å². The van der Waals surface area contributed by atoms with Gasteiger partial charge in [0.25, 0.3) is 5.91 Å². The fourth-order valence-corrected chi connectivity index (χ4v) is 4.29. The quantitative estimate of drug-likeness (QED) is 0.433. The molecule has 1 amide bonds. The Hall–Kier alpha value is -2.49. The zero-order chi connectivity index (χ0) is 19.6. The Kier molecular flexibility index (Phi) is 5.45. The first-order valence-corrected chi connectivity index (χ1v) is 10.2. The average Bonchev–Trinajstić information content (AvgIpc) is 3.06. The van der Waals surface area contributed by atoms with Crippen LogP contribution in [-0.2, 0) is 29.7 Å². The van der Waals surface area contributed by atoms with Crippen LogP contribution in [0.1, 0.15) is 34.1 Å². The number of nitrogen functional groups attached to an aromatic ring is 1. The highest BCUT2D eigenvalue weighted by Crippen LogP contribution is 2.33. The number of rotatable bonds is 6. The summed E-state index contributed by atoms with van der Waals surface area (Å²) in [6.07, 6.45) is 1.39. The van der Waals surface area contributed by atoms with E-state index in [9.17, 15) is 13.2 Å². The third-order valence-electron chi connectivity index (χ3n) is 4.61. The van der Waals surface area contributed by atoms with Crippen LogP contribution in [0.25, 0.3) is 0 Å². The van der Waals surface area contributed by atoms with Crippen molar-refractivity contribution in [1.82, 2.24) is 15.3 Å². The van der Waals surface area contributed by atoms with E-state index in [1.165, 1.54) is 10.5 Å². The van der Waals surface area contributed by atoms with Gasteiger partial charge in [0.15, 0.2) is 0 Å². The van der Waals surface area contributed by atoms with Gasteiger partial charge in [-0.2, -0.15) is 0 Å². The van der Waals surface area contributed by atoms with Crippen molar-refractivity contribution in [3.05, 3.63) is 58.9 Å². The van der Waals surface area contributed by atoms with E-state index in [4.69, 9.17) is 5.84 Å². The molecule has 27 heavy (non-hydrogen) atoms. The summed E-state index contributed by atoms with van der Waals surface area (Å²) in [7, 11) is -1.50. The van der Waals surface area contributed by atoms with Crippen molar-refractivity contribution in [2.45, 2.75) is 26.6 Å². The summed E-state index contributed by atoms with van der Waals surface area (Å²) in [5.41, 5.74) is 5.74. The maximum Gasteiger partial charge on any atom is 0.266 e. The van der Waals surface area contributed by atoms with Gasteiger partial charge in [0, 0.05) is 19.3 Å². The van der Waals surface area contributed by atoms with Gasteiger partial charge in [-0.25, -0.2) is 14.3 Å². The molecule has 0 bridgehead atoms. The van der Waals surface area contributed by atoms with Crippen LogP contribution in [0.2, 0.25) is 0 Å². The Morgan fingerprint density at radius 1 is 1.30 bits per heavy atom. The fraction of sp³-hybridized carbons (Fsp3) is 0.333. The summed E-state index contributed by atoms with van der Waals surface area (Å²) in [6.45, 7) is 3.22. The number of aromatic nitrogens is 1. The number of carbonyl (C=O) groups excluding carboxylic acids is 1. The molecular formula is C18H23N5O3S. The lowest BCUT2D eigenvalue weighted by Crippen LogP contribution is -2.33. The maximum absolute atomic E-state index is 12.8. The van der Waals surface area contributed by atoms with E-state index in [1.54, 1.807) is 19.1 Å². The zero-order valence-corrected chi connectivity index (χ0v) is 16.2. The van der Waals surface area contributed by atoms with E-state index in [0.29, 0.717) is 23.5 Å². The number of anilines is 1. The van der Waals surface area contributed by atoms with Crippen LogP contribution in [0.15, 0.2) is 36.5 Å². The topological polar surface area (TPSA) is 109 Å². The predicted molar refractivity (Wildman–Crippen MR) is 103 cm³/mol. The molecule has 0 saturated carbocycles. The predicted octanol–water partition coefficient (Wildman–Crippen LogP) is 0.987. The van der Waals surface area contributed by atoms with Crippen molar-refractivity contribution in [3.8, 4) is 0 Å². The molecule has 2 heterocycles. The number of nitrogens with one attached hydrogen (secondary N) is 1. The molecule has 0 saturated heterocycles. The Labute approximate surface area is 159 Å². The molecule has 0 atom stereocenters. The number of benzene rings is 1. The van der Waals surface area contributed by atoms with Crippen molar-refractivity contribution in [1.29, 1.82) is 0 Å². The number of amides is 1. The number of hydrazine groups is 1. The molecule has 9 heteroatoms. The molecule has 1 aliphatic rings. The first kappa shape index (κ1) is 19.3. The largest absolute Gasteiger partial charge is 0.298 e. The summed E-state index contributed by atoms with van der Waals surface area (Å²) in [6, 6.07) is 8.95. The first-order valence-electron chi connectivity index (χ1n) is 8.61. The Morgan fingerprint density at radius 3 is 2.70 bits per heavy atom. The van der Waals surface area contributed by atoms with E-state index < -0.39 is 15.9 Å². The summed E-state index contributed by atoms with van der Waals surface area (Å²) >= 11 is 0. The molecule has 2 aromatic rings. The van der Waals surface area contributed by atoms with Crippen LogP contribution in [0.3, 0.4) is 0 Å². The molecule has 3 N–H and O–H groups in total. The number of sulfonamides is 1. The first-order chi connectivity index (χ1) is 12.9. The second kappa shape index (κ2) is 7.63. The minimum atomic E-state index is -3.51. The van der Waals surface area contributed by atoms with Crippen molar-refractivity contribution in [2.24, 2.45) is 5.84 Å². The SMILES string of the molecule is CCS(=O)(=O)N(Cc1ccc(C(=O)NN)cn1)c1cccc2c1CN(C)C2. The second-order valence-corrected chi connectivity index (χ2v) is 8.69. The molecule has 0 radical (unpaired) electrons. The molecule has 8 nitrogen and oxygen atoms in total. The van der Waals surface area contributed by atoms with Gasteiger partial charge in [0.1, 0.15) is 0 Å². The molecule has 3 rings (SSSR count). The molecule has 1 aromatic carbocycles. The van der Waals surface area contributed by atoms with Gasteiger partial charge in [0.05, 0.1) is 29.2 Å². The number of hydrogen-bond acceptors (Lipinski definition) is 6. The summed E-state index contributed by atoms with van der Waals surface area (Å²) in [5.74, 6) is 4.66. The molecule has 0 unspecified atom stereocenters. The molecular weight excluding hydrogens is 366 g/mol. The van der Waals surface area contributed by atoms with Gasteiger partial charge in [0.2, 0.25) is 10.0 Å². The smallest absolute Gasteiger partial charge is 0.266 e. The number of pyridine rings is 1. The lowest BCUT2D eigenvalue weighted by molar-refractivity contribution is 0.0953. The molecule has 144 valence electrons. The standard InChI is InChI=1S/C18H23N5O3S/c1-3-27(25,26)23(11-15-8-7-13(9-20-15)18(24)21-19)17-6-4-5-14-10-22(2)12-16(14)17/h4-9H,3,10-12,19H2,1-2H3,(H,21,24). The van der Waals surface area contributed by atoms with Crippen molar-refractivity contribution in [2.75, 3.05) is 17.1 Å². The number of carbonyl (C=O) groups is 1. The highest BCUT2D eigenvalue weighted by atomic mass is 32.2.